The van der Waals surface area contributed by atoms with Crippen LogP contribution in [0, 0.1) is 5.92 Å². The van der Waals surface area contributed by atoms with Crippen LogP contribution in [0.4, 0.5) is 0 Å². The summed E-state index contributed by atoms with van der Waals surface area (Å²) in [5, 5.41) is 5.48. The van der Waals surface area contributed by atoms with Crippen LogP contribution in [0.1, 0.15) is 26.2 Å². The third-order valence-corrected chi connectivity index (χ3v) is 3.59. The van der Waals surface area contributed by atoms with Crippen LogP contribution in [0.3, 0.4) is 0 Å². The minimum absolute atomic E-state index is 0.00320. The summed E-state index contributed by atoms with van der Waals surface area (Å²) >= 11 is 0. The van der Waals surface area contributed by atoms with Crippen molar-refractivity contribution in [1.29, 1.82) is 0 Å². The van der Waals surface area contributed by atoms with Crippen molar-refractivity contribution in [2.24, 2.45) is 5.92 Å². The third kappa shape index (κ3) is 2.69. The number of hydrogen-bond donors (Lipinski definition) is 2. The molecule has 2 rings (SSSR count). The first kappa shape index (κ1) is 13.0. The molecule has 2 heterocycles. The fraction of sp³-hybridized carbons (Fsp3) is 0.750. The second kappa shape index (κ2) is 5.48. The molecule has 0 aromatic carbocycles. The monoisotopic (exact) mass is 253 g/mol. The first-order chi connectivity index (χ1) is 8.61. The molecule has 0 spiro atoms. The number of piperazine rings is 1. The largest absolute Gasteiger partial charge is 0.321 e. The van der Waals surface area contributed by atoms with Crippen LogP contribution in [-0.4, -0.2) is 48.3 Å². The molecule has 0 radical (unpaired) electrons. The fourth-order valence-corrected chi connectivity index (χ4v) is 2.59. The number of nitrogens with zero attached hydrogens (tertiary/aromatic N) is 1. The lowest BCUT2D eigenvalue weighted by Gasteiger charge is -2.34. The first-order valence-electron chi connectivity index (χ1n) is 6.45. The number of carbonyl (C=O) groups excluding carboxylic acids is 3. The summed E-state index contributed by atoms with van der Waals surface area (Å²) < 4.78 is 0. The summed E-state index contributed by atoms with van der Waals surface area (Å²) in [6.45, 7) is 3.63. The number of amides is 3. The van der Waals surface area contributed by atoms with E-state index in [0.717, 1.165) is 19.5 Å². The van der Waals surface area contributed by atoms with Crippen LogP contribution in [0.2, 0.25) is 0 Å². The summed E-state index contributed by atoms with van der Waals surface area (Å²) in [4.78, 5) is 36.6. The minimum atomic E-state index is -0.496. The zero-order valence-electron chi connectivity index (χ0n) is 10.6. The van der Waals surface area contributed by atoms with Gasteiger partial charge in [-0.1, -0.05) is 6.92 Å². The van der Waals surface area contributed by atoms with E-state index in [0.29, 0.717) is 18.8 Å². The molecule has 0 aliphatic carbocycles. The maximum atomic E-state index is 12.2. The van der Waals surface area contributed by atoms with Crippen molar-refractivity contribution in [1.82, 2.24) is 15.5 Å². The molecule has 2 unspecified atom stereocenters. The van der Waals surface area contributed by atoms with Crippen LogP contribution in [0.25, 0.3) is 0 Å². The molecule has 0 aromatic rings. The summed E-state index contributed by atoms with van der Waals surface area (Å²) in [6.07, 6.45) is 1.94. The Bertz CT molecular complexity index is 364. The van der Waals surface area contributed by atoms with E-state index >= 15 is 0 Å². The van der Waals surface area contributed by atoms with Gasteiger partial charge in [0.15, 0.2) is 0 Å². The fourth-order valence-electron chi connectivity index (χ4n) is 2.59. The number of nitrogens with one attached hydrogen (secondary N) is 2. The molecule has 18 heavy (non-hydrogen) atoms. The van der Waals surface area contributed by atoms with Crippen molar-refractivity contribution < 1.29 is 14.4 Å². The number of rotatable bonds is 3. The molecular weight excluding hydrogens is 234 g/mol. The van der Waals surface area contributed by atoms with Gasteiger partial charge < -0.3 is 10.2 Å². The van der Waals surface area contributed by atoms with E-state index in [2.05, 4.69) is 10.6 Å². The van der Waals surface area contributed by atoms with Crippen molar-refractivity contribution in [2.45, 2.75) is 32.2 Å². The van der Waals surface area contributed by atoms with Crippen molar-refractivity contribution in [3.05, 3.63) is 0 Å². The molecule has 0 aromatic heterocycles. The van der Waals surface area contributed by atoms with Gasteiger partial charge in [0.2, 0.25) is 17.7 Å². The third-order valence-electron chi connectivity index (χ3n) is 3.59. The van der Waals surface area contributed by atoms with E-state index in [1.54, 1.807) is 0 Å². The molecule has 2 aliphatic heterocycles. The molecule has 2 N–H and O–H groups in total. The Hall–Kier alpha value is -1.43. The van der Waals surface area contributed by atoms with E-state index < -0.39 is 6.04 Å². The Morgan fingerprint density at radius 3 is 2.83 bits per heavy atom. The lowest BCUT2D eigenvalue weighted by molar-refractivity contribution is -0.150. The maximum Gasteiger partial charge on any atom is 0.249 e. The Morgan fingerprint density at radius 2 is 2.22 bits per heavy atom. The van der Waals surface area contributed by atoms with E-state index in [1.165, 1.54) is 4.90 Å². The van der Waals surface area contributed by atoms with Gasteiger partial charge in [-0.15, -0.1) is 0 Å². The van der Waals surface area contributed by atoms with Gasteiger partial charge in [-0.2, -0.15) is 0 Å². The molecule has 0 bridgehead atoms. The van der Waals surface area contributed by atoms with Crippen molar-refractivity contribution in [2.75, 3.05) is 19.6 Å². The zero-order valence-corrected chi connectivity index (χ0v) is 10.6. The van der Waals surface area contributed by atoms with Crippen molar-refractivity contribution in [3.63, 3.8) is 0 Å². The van der Waals surface area contributed by atoms with E-state index in [9.17, 15) is 14.4 Å². The van der Waals surface area contributed by atoms with E-state index in [4.69, 9.17) is 0 Å². The highest BCUT2D eigenvalue weighted by molar-refractivity contribution is 6.04. The lowest BCUT2D eigenvalue weighted by Crippen LogP contribution is -2.59. The molecule has 6 heteroatoms. The van der Waals surface area contributed by atoms with Crippen molar-refractivity contribution >= 4 is 17.7 Å². The van der Waals surface area contributed by atoms with Gasteiger partial charge in [0.05, 0.1) is 0 Å². The number of hydrogen-bond acceptors (Lipinski definition) is 4. The quantitative estimate of drug-likeness (QED) is 0.649. The zero-order chi connectivity index (χ0) is 13.1. The topological polar surface area (TPSA) is 78.5 Å². The summed E-state index contributed by atoms with van der Waals surface area (Å²) in [5.74, 6) is -0.497. The first-order valence-corrected chi connectivity index (χ1v) is 6.45. The normalized spacial score (nSPS) is 28.4. The van der Waals surface area contributed by atoms with Gasteiger partial charge in [-0.05, 0) is 31.8 Å². The van der Waals surface area contributed by atoms with E-state index in [1.807, 2.05) is 6.92 Å². The second-order valence-corrected chi connectivity index (χ2v) is 4.92. The molecular formula is C12H19N3O3. The van der Waals surface area contributed by atoms with Crippen LogP contribution in [-0.2, 0) is 14.4 Å². The molecule has 0 saturated carbocycles. The van der Waals surface area contributed by atoms with Gasteiger partial charge in [-0.3, -0.25) is 19.7 Å². The predicted molar refractivity (Wildman–Crippen MR) is 64.5 cm³/mol. The standard InChI is InChI=1S/C12H19N3O3/c1-2-9-12(18)14-10(16)7-15(9)11(17)5-8-3-4-13-6-8/h8-9,13H,2-7H2,1H3,(H,14,16,18). The average molecular weight is 253 g/mol. The summed E-state index contributed by atoms with van der Waals surface area (Å²) in [6, 6.07) is -0.496. The Morgan fingerprint density at radius 1 is 1.44 bits per heavy atom. The van der Waals surface area contributed by atoms with Crippen LogP contribution in [0.15, 0.2) is 0 Å². The molecule has 100 valence electrons. The summed E-state index contributed by atoms with van der Waals surface area (Å²) in [7, 11) is 0. The highest BCUT2D eigenvalue weighted by Crippen LogP contribution is 2.17. The lowest BCUT2D eigenvalue weighted by atomic mass is 10.0. The van der Waals surface area contributed by atoms with Crippen LogP contribution >= 0.6 is 0 Å². The molecule has 3 amide bonds. The Kier molecular flexibility index (Phi) is 3.96. The average Bonchev–Trinajstić information content (AvgIpc) is 2.80. The summed E-state index contributed by atoms with van der Waals surface area (Å²) in [5.41, 5.74) is 0. The SMILES string of the molecule is CCC1C(=O)NC(=O)CN1C(=O)CC1CCNC1. The van der Waals surface area contributed by atoms with Crippen molar-refractivity contribution in [3.8, 4) is 0 Å². The Balaban J connectivity index is 2.01. The van der Waals surface area contributed by atoms with E-state index in [-0.39, 0.29) is 24.3 Å². The number of imide groups is 1. The predicted octanol–water partition coefficient (Wildman–Crippen LogP) is -0.750. The van der Waals surface area contributed by atoms with Gasteiger partial charge in [0.1, 0.15) is 12.6 Å². The highest BCUT2D eigenvalue weighted by Gasteiger charge is 2.36. The van der Waals surface area contributed by atoms with Crippen LogP contribution in [0.5, 0.6) is 0 Å². The second-order valence-electron chi connectivity index (χ2n) is 4.92. The highest BCUT2D eigenvalue weighted by atomic mass is 16.2. The van der Waals surface area contributed by atoms with Crippen LogP contribution < -0.4 is 10.6 Å². The maximum absolute atomic E-state index is 12.2. The smallest absolute Gasteiger partial charge is 0.249 e. The van der Waals surface area contributed by atoms with Gasteiger partial charge in [0.25, 0.3) is 0 Å². The molecule has 6 nitrogen and oxygen atoms in total. The van der Waals surface area contributed by atoms with Gasteiger partial charge in [-0.25, -0.2) is 0 Å². The molecule has 2 aliphatic rings. The molecule has 2 saturated heterocycles. The Labute approximate surface area is 106 Å². The van der Waals surface area contributed by atoms with Gasteiger partial charge in [0, 0.05) is 6.42 Å². The number of carbonyl (C=O) groups is 3. The molecule has 2 fully saturated rings. The minimum Gasteiger partial charge on any atom is -0.321 e. The van der Waals surface area contributed by atoms with Gasteiger partial charge >= 0.3 is 0 Å². The molecule has 2 atom stereocenters.